The Hall–Kier alpha value is -1.87. The number of benzene rings is 2. The van der Waals surface area contributed by atoms with Crippen molar-refractivity contribution in [2.45, 2.75) is 4.90 Å². The number of rotatable bonds is 2. The molecule has 2 aromatic carbocycles. The fraction of sp³-hybridized carbons (Fsp3) is 0.0667. The Balaban J connectivity index is 2.17. The van der Waals surface area contributed by atoms with Crippen molar-refractivity contribution < 1.29 is 6.15 Å². The summed E-state index contributed by atoms with van der Waals surface area (Å²) >= 11 is -1.42. The molecule has 18 heavy (non-hydrogen) atoms. The maximum absolute atomic E-state index is 8.29. The van der Waals surface area contributed by atoms with Gasteiger partial charge in [-0.2, -0.15) is 11.9 Å². The summed E-state index contributed by atoms with van der Waals surface area (Å²) in [4.78, 5) is 0.913. The largest absolute Gasteiger partial charge is 0.496 e. The molecular weight excluding hydrogens is 242 g/mol. The minimum absolute atomic E-state index is 0.710. The first kappa shape index (κ1) is 9.11. The van der Waals surface area contributed by atoms with Crippen LogP contribution in [0.15, 0.2) is 53.4 Å². The quantitative estimate of drug-likeness (QED) is 0.893. The van der Waals surface area contributed by atoms with Gasteiger partial charge in [0.05, 0.1) is 12.8 Å². The molecule has 92 valence electrons. The second-order valence-corrected chi connectivity index (χ2v) is 4.87. The second kappa shape index (κ2) is 4.78. The molecule has 1 unspecified atom stereocenters. The smallest absolute Gasteiger partial charge is 0.173 e. The summed E-state index contributed by atoms with van der Waals surface area (Å²) < 4.78 is 23.2. The van der Waals surface area contributed by atoms with E-state index in [9.17, 15) is 0 Å². The van der Waals surface area contributed by atoms with E-state index in [0.29, 0.717) is 5.70 Å². The Morgan fingerprint density at radius 1 is 1.17 bits per heavy atom. The zero-order valence-corrected chi connectivity index (χ0v) is 10.9. The van der Waals surface area contributed by atoms with Gasteiger partial charge in [0, 0.05) is 10.5 Å². The average molecular weight is 259 g/mol. The van der Waals surface area contributed by atoms with Crippen molar-refractivity contribution in [3.63, 3.8) is 0 Å². The third-order valence-corrected chi connectivity index (χ3v) is 3.82. The summed E-state index contributed by atoms with van der Waals surface area (Å²) in [5.41, 5.74) is 2.57. The zero-order chi connectivity index (χ0) is 14.1. The first-order valence-corrected chi connectivity index (χ1v) is 6.59. The van der Waals surface area contributed by atoms with E-state index in [0.717, 1.165) is 21.8 Å². The molecule has 0 aromatic heterocycles. The summed E-state index contributed by atoms with van der Waals surface area (Å²) in [7, 11) is 1.62. The van der Waals surface area contributed by atoms with Crippen LogP contribution in [0.5, 0.6) is 5.75 Å². The lowest BCUT2D eigenvalue weighted by molar-refractivity contribution is 0.413. The predicted molar refractivity (Wildman–Crippen MR) is 79.1 cm³/mol. The normalized spacial score (nSPS) is 21.5. The Morgan fingerprint density at radius 3 is 2.83 bits per heavy atom. The van der Waals surface area contributed by atoms with Crippen LogP contribution >= 0.6 is 11.9 Å². The van der Waals surface area contributed by atoms with Crippen LogP contribution < -0.4 is 9.45 Å². The molecule has 0 saturated heterocycles. The number of hydrogen-bond acceptors (Lipinski definition) is 2. The summed E-state index contributed by atoms with van der Waals surface area (Å²) in [6.45, 7) is 0. The molecule has 1 heterocycles. The van der Waals surface area contributed by atoms with Crippen molar-refractivity contribution >= 4 is 23.6 Å². The Bertz CT molecular complexity index is 674. The lowest BCUT2D eigenvalue weighted by Gasteiger charge is -2.21. The van der Waals surface area contributed by atoms with E-state index in [1.165, 1.54) is 4.72 Å². The zero-order valence-electron chi connectivity index (χ0n) is 12.0. The maximum atomic E-state index is 8.29. The summed E-state index contributed by atoms with van der Waals surface area (Å²) in [6, 6.07) is 15.4. The van der Waals surface area contributed by atoms with Crippen LogP contribution in [0, 0.1) is 0 Å². The van der Waals surface area contributed by atoms with E-state index in [2.05, 4.69) is 0 Å². The molecule has 0 bridgehead atoms. The molecule has 0 radical (unpaired) electrons. The highest BCUT2D eigenvalue weighted by molar-refractivity contribution is 7.97. The molecular formula is C15H15NOS. The molecule has 0 saturated carbocycles. The van der Waals surface area contributed by atoms with Gasteiger partial charge in [0.2, 0.25) is 0 Å². The molecule has 0 fully saturated rings. The lowest BCUT2D eigenvalue weighted by Crippen LogP contribution is -2.08. The first-order chi connectivity index (χ1) is 9.72. The van der Waals surface area contributed by atoms with Gasteiger partial charge in [-0.1, -0.05) is 30.3 Å². The van der Waals surface area contributed by atoms with Crippen LogP contribution in [0.1, 0.15) is 11.1 Å². The van der Waals surface area contributed by atoms with E-state index in [-0.39, 0.29) is 0 Å². The third kappa shape index (κ3) is 1.97. The molecule has 3 rings (SSSR count). The van der Waals surface area contributed by atoms with Crippen molar-refractivity contribution in [2.24, 2.45) is 0 Å². The summed E-state index contributed by atoms with van der Waals surface area (Å²) in [6.07, 6.45) is 1.95. The number of methoxy groups -OCH3 is 1. The van der Waals surface area contributed by atoms with Gasteiger partial charge in [0.1, 0.15) is 6.87 Å². The molecule has 1 aliphatic rings. The SMILES string of the molecule is [2H]N1C(c2ccccc2OC)=Cc2ccccc2[SH]1[2H]. The van der Waals surface area contributed by atoms with Gasteiger partial charge in [-0.05, 0) is 29.8 Å². The van der Waals surface area contributed by atoms with E-state index in [4.69, 9.17) is 7.27 Å². The molecule has 2 nitrogen and oxygen atoms in total. The number of hydrogen-bond donors (Lipinski definition) is 1. The summed E-state index contributed by atoms with van der Waals surface area (Å²) in [5, 5.41) is 0. The molecule has 0 amide bonds. The van der Waals surface area contributed by atoms with Crippen LogP contribution in [0.4, 0.5) is 0 Å². The van der Waals surface area contributed by atoms with Crippen LogP contribution in [-0.2, 0) is 0 Å². The molecule has 1 aliphatic heterocycles. The first-order valence-electron chi connectivity index (χ1n) is 6.64. The molecule has 3 heteroatoms. The Kier molecular flexibility index (Phi) is 2.42. The van der Waals surface area contributed by atoms with Gasteiger partial charge in [-0.25, -0.2) is 0 Å². The highest BCUT2D eigenvalue weighted by Crippen LogP contribution is 2.34. The van der Waals surface area contributed by atoms with Crippen molar-refractivity contribution in [1.29, 1.82) is 1.12 Å². The second-order valence-electron chi connectivity index (χ2n) is 3.99. The van der Waals surface area contributed by atoms with E-state index < -0.39 is 11.9 Å². The molecule has 0 spiro atoms. The lowest BCUT2D eigenvalue weighted by atomic mass is 10.1. The predicted octanol–water partition coefficient (Wildman–Crippen LogP) is 3.27. The maximum Gasteiger partial charge on any atom is 0.173 e. The number of ether oxygens (including phenoxy) is 1. The molecule has 0 aliphatic carbocycles. The van der Waals surface area contributed by atoms with Crippen molar-refractivity contribution in [3.8, 4) is 5.75 Å². The minimum Gasteiger partial charge on any atom is -0.496 e. The van der Waals surface area contributed by atoms with Crippen LogP contribution in [0.2, 0.25) is 1.41 Å². The van der Waals surface area contributed by atoms with Gasteiger partial charge in [0.15, 0.2) is 1.41 Å². The van der Waals surface area contributed by atoms with E-state index in [1.54, 1.807) is 7.11 Å². The Labute approximate surface area is 113 Å². The summed E-state index contributed by atoms with van der Waals surface area (Å²) in [5.74, 6) is 0.721. The van der Waals surface area contributed by atoms with Crippen LogP contribution in [-0.4, -0.2) is 8.23 Å². The van der Waals surface area contributed by atoms with Gasteiger partial charge in [-0.3, -0.25) is 0 Å². The van der Waals surface area contributed by atoms with Crippen molar-refractivity contribution in [1.82, 2.24) is 4.72 Å². The topological polar surface area (TPSA) is 21.3 Å². The van der Waals surface area contributed by atoms with E-state index >= 15 is 0 Å². The average Bonchev–Trinajstić information content (AvgIpc) is 2.51. The standard InChI is InChI=1S/C15H15NOS/c1-17-14-8-4-3-7-12(14)13-10-11-6-2-5-9-15(11)18-16-13/h2-10,16H,18H2,1H3/i18D/hD. The minimum atomic E-state index is -1.42. The highest BCUT2D eigenvalue weighted by Gasteiger charge is 2.12. The van der Waals surface area contributed by atoms with Crippen molar-refractivity contribution in [2.75, 3.05) is 7.11 Å². The van der Waals surface area contributed by atoms with Gasteiger partial charge < -0.3 is 9.45 Å². The van der Waals surface area contributed by atoms with E-state index in [1.807, 2.05) is 54.6 Å². The Morgan fingerprint density at radius 2 is 1.94 bits per heavy atom. The molecule has 1 atom stereocenters. The fourth-order valence-electron chi connectivity index (χ4n) is 1.97. The molecule has 1 N–H and O–H groups in total. The number of fused-ring (bicyclic) bond motifs is 1. The monoisotopic (exact) mass is 259 g/mol. The van der Waals surface area contributed by atoms with Crippen LogP contribution in [0.3, 0.4) is 0 Å². The van der Waals surface area contributed by atoms with Gasteiger partial charge in [0.25, 0.3) is 0 Å². The number of para-hydroxylation sites is 1. The fourth-order valence-corrected chi connectivity index (χ4v) is 2.76. The van der Waals surface area contributed by atoms with Crippen LogP contribution in [0.25, 0.3) is 11.8 Å². The van der Waals surface area contributed by atoms with Gasteiger partial charge >= 0.3 is 0 Å². The van der Waals surface area contributed by atoms with Crippen molar-refractivity contribution in [3.05, 3.63) is 59.7 Å². The third-order valence-electron chi connectivity index (χ3n) is 2.88. The van der Waals surface area contributed by atoms with Gasteiger partial charge in [-0.15, -0.1) is 0 Å². The highest BCUT2D eigenvalue weighted by atomic mass is 32.2. The number of nitrogens with one attached hydrogen (secondary N) is 1. The molecule has 2 aromatic rings.